The molecule has 0 amide bonds. The molecule has 2 rings (SSSR count). The lowest BCUT2D eigenvalue weighted by molar-refractivity contribution is -0.0180. The zero-order valence-electron chi connectivity index (χ0n) is 18.0. The van der Waals surface area contributed by atoms with Crippen molar-refractivity contribution in [3.8, 4) is 0 Å². The monoisotopic (exact) mass is 409 g/mol. The molecule has 1 aromatic carbocycles. The SMILES string of the molecule is CCNC(=NCC(C)(O)CN1CCOCC1)NCCN(C)Cc1ccc(F)cc1. The highest BCUT2D eigenvalue weighted by Gasteiger charge is 2.25. The summed E-state index contributed by atoms with van der Waals surface area (Å²) in [7, 11) is 2.03. The maximum absolute atomic E-state index is 13.0. The summed E-state index contributed by atoms with van der Waals surface area (Å²) < 4.78 is 18.4. The number of benzene rings is 1. The van der Waals surface area contributed by atoms with E-state index in [-0.39, 0.29) is 5.82 Å². The average molecular weight is 410 g/mol. The van der Waals surface area contributed by atoms with Crippen LogP contribution in [0.1, 0.15) is 19.4 Å². The number of β-amino-alcohol motifs (C(OH)–C–C–N with tert-alkyl or cyclic N) is 1. The van der Waals surface area contributed by atoms with Crippen LogP contribution >= 0.6 is 0 Å². The molecule has 1 saturated heterocycles. The summed E-state index contributed by atoms with van der Waals surface area (Å²) >= 11 is 0. The summed E-state index contributed by atoms with van der Waals surface area (Å²) in [6, 6.07) is 6.59. The minimum Gasteiger partial charge on any atom is -0.387 e. The van der Waals surface area contributed by atoms with Crippen molar-refractivity contribution in [2.24, 2.45) is 4.99 Å². The van der Waals surface area contributed by atoms with Gasteiger partial charge in [0.25, 0.3) is 0 Å². The van der Waals surface area contributed by atoms with Crippen molar-refractivity contribution in [2.45, 2.75) is 26.0 Å². The minimum absolute atomic E-state index is 0.214. The third-order valence-electron chi connectivity index (χ3n) is 4.74. The minimum atomic E-state index is -0.890. The lowest BCUT2D eigenvalue weighted by Gasteiger charge is -2.33. The van der Waals surface area contributed by atoms with Crippen molar-refractivity contribution >= 4 is 5.96 Å². The number of aliphatic hydroxyl groups is 1. The Labute approximate surface area is 173 Å². The summed E-state index contributed by atoms with van der Waals surface area (Å²) in [5, 5.41) is 17.2. The van der Waals surface area contributed by atoms with E-state index in [9.17, 15) is 9.50 Å². The smallest absolute Gasteiger partial charge is 0.191 e. The number of halogens is 1. The largest absolute Gasteiger partial charge is 0.387 e. The Hall–Kier alpha value is -1.74. The molecular weight excluding hydrogens is 373 g/mol. The highest BCUT2D eigenvalue weighted by molar-refractivity contribution is 5.79. The number of guanidine groups is 1. The van der Waals surface area contributed by atoms with Gasteiger partial charge in [-0.2, -0.15) is 0 Å². The van der Waals surface area contributed by atoms with Gasteiger partial charge in [-0.3, -0.25) is 9.89 Å². The zero-order valence-corrected chi connectivity index (χ0v) is 18.0. The van der Waals surface area contributed by atoms with E-state index in [2.05, 4.69) is 25.4 Å². The summed E-state index contributed by atoms with van der Waals surface area (Å²) in [6.07, 6.45) is 0. The standard InChI is InChI=1S/C21H36FN5O2/c1-4-23-20(25-16-21(2,28)17-27-11-13-29-14-12-27)24-9-10-26(3)15-18-5-7-19(22)8-6-18/h5-8,28H,4,9-17H2,1-3H3,(H2,23,24,25). The number of hydrogen-bond donors (Lipinski definition) is 3. The van der Waals surface area contributed by atoms with Crippen LogP contribution in [0.25, 0.3) is 0 Å². The second-order valence-corrected chi connectivity index (χ2v) is 7.87. The number of morpholine rings is 1. The van der Waals surface area contributed by atoms with E-state index in [0.717, 1.165) is 58.0 Å². The first kappa shape index (κ1) is 23.5. The highest BCUT2D eigenvalue weighted by atomic mass is 19.1. The maximum atomic E-state index is 13.0. The Bertz CT molecular complexity index is 618. The van der Waals surface area contributed by atoms with Crippen LogP contribution in [-0.2, 0) is 11.3 Å². The number of rotatable bonds is 10. The van der Waals surface area contributed by atoms with E-state index in [1.54, 1.807) is 12.1 Å². The van der Waals surface area contributed by atoms with Gasteiger partial charge < -0.3 is 25.4 Å². The van der Waals surface area contributed by atoms with Gasteiger partial charge in [0.1, 0.15) is 5.82 Å². The highest BCUT2D eigenvalue weighted by Crippen LogP contribution is 2.09. The van der Waals surface area contributed by atoms with Gasteiger partial charge in [0.2, 0.25) is 0 Å². The Morgan fingerprint density at radius 2 is 1.97 bits per heavy atom. The number of aliphatic imine (C=N–C) groups is 1. The van der Waals surface area contributed by atoms with Crippen molar-refractivity contribution in [3.63, 3.8) is 0 Å². The second-order valence-electron chi connectivity index (χ2n) is 7.87. The van der Waals surface area contributed by atoms with Crippen molar-refractivity contribution in [1.82, 2.24) is 20.4 Å². The fourth-order valence-corrected chi connectivity index (χ4v) is 3.23. The van der Waals surface area contributed by atoms with Crippen molar-refractivity contribution in [2.75, 3.05) is 66.1 Å². The van der Waals surface area contributed by atoms with E-state index >= 15 is 0 Å². The molecule has 1 unspecified atom stereocenters. The summed E-state index contributed by atoms with van der Waals surface area (Å²) in [5.41, 5.74) is 0.188. The number of hydrogen-bond acceptors (Lipinski definition) is 5. The number of ether oxygens (including phenoxy) is 1. The predicted molar refractivity (Wildman–Crippen MR) is 115 cm³/mol. The third-order valence-corrected chi connectivity index (χ3v) is 4.74. The van der Waals surface area contributed by atoms with E-state index in [4.69, 9.17) is 4.74 Å². The molecule has 1 aliphatic heterocycles. The Kier molecular flexibility index (Phi) is 9.80. The Morgan fingerprint density at radius 3 is 2.62 bits per heavy atom. The van der Waals surface area contributed by atoms with Crippen LogP contribution in [-0.4, -0.2) is 92.5 Å². The molecule has 0 spiro atoms. The van der Waals surface area contributed by atoms with Crippen LogP contribution in [0.4, 0.5) is 4.39 Å². The topological polar surface area (TPSA) is 72.4 Å². The zero-order chi connectivity index (χ0) is 21.1. The molecule has 1 fully saturated rings. The first-order chi connectivity index (χ1) is 13.9. The van der Waals surface area contributed by atoms with Gasteiger partial charge in [-0.25, -0.2) is 4.39 Å². The number of nitrogens with one attached hydrogen (secondary N) is 2. The molecule has 164 valence electrons. The van der Waals surface area contributed by atoms with E-state index in [1.807, 2.05) is 20.9 Å². The predicted octanol–water partition coefficient (Wildman–Crippen LogP) is 0.896. The molecule has 1 heterocycles. The van der Waals surface area contributed by atoms with Crippen LogP contribution in [0.5, 0.6) is 0 Å². The summed E-state index contributed by atoms with van der Waals surface area (Å²) in [6.45, 7) is 10.9. The van der Waals surface area contributed by atoms with Gasteiger partial charge in [0.05, 0.1) is 25.4 Å². The molecule has 1 aliphatic rings. The van der Waals surface area contributed by atoms with Gasteiger partial charge >= 0.3 is 0 Å². The summed E-state index contributed by atoms with van der Waals surface area (Å²) in [4.78, 5) is 8.94. The Balaban J connectivity index is 1.76. The van der Waals surface area contributed by atoms with Crippen LogP contribution in [0.2, 0.25) is 0 Å². The molecule has 0 aliphatic carbocycles. The number of nitrogens with zero attached hydrogens (tertiary/aromatic N) is 3. The van der Waals surface area contributed by atoms with Gasteiger partial charge in [0, 0.05) is 45.8 Å². The molecule has 7 nitrogen and oxygen atoms in total. The van der Waals surface area contributed by atoms with Gasteiger partial charge in [-0.15, -0.1) is 0 Å². The van der Waals surface area contributed by atoms with Crippen LogP contribution < -0.4 is 10.6 Å². The third kappa shape index (κ3) is 9.54. The van der Waals surface area contributed by atoms with Gasteiger partial charge in [-0.05, 0) is 38.6 Å². The molecule has 3 N–H and O–H groups in total. The van der Waals surface area contributed by atoms with Crippen molar-refractivity contribution < 1.29 is 14.2 Å². The average Bonchev–Trinajstić information content (AvgIpc) is 2.68. The fourth-order valence-electron chi connectivity index (χ4n) is 3.23. The molecular formula is C21H36FN5O2. The molecule has 0 bridgehead atoms. The van der Waals surface area contributed by atoms with E-state index in [0.29, 0.717) is 19.0 Å². The maximum Gasteiger partial charge on any atom is 0.191 e. The van der Waals surface area contributed by atoms with Gasteiger partial charge in [0.15, 0.2) is 5.96 Å². The molecule has 1 aromatic rings. The van der Waals surface area contributed by atoms with E-state index in [1.165, 1.54) is 12.1 Å². The fraction of sp³-hybridized carbons (Fsp3) is 0.667. The lowest BCUT2D eigenvalue weighted by Crippen LogP contribution is -2.48. The number of likely N-dealkylation sites (N-methyl/N-ethyl adjacent to an activating group) is 1. The van der Waals surface area contributed by atoms with Crippen molar-refractivity contribution in [1.29, 1.82) is 0 Å². The molecule has 0 radical (unpaired) electrons. The molecule has 1 atom stereocenters. The lowest BCUT2D eigenvalue weighted by atomic mass is 10.1. The van der Waals surface area contributed by atoms with Crippen LogP contribution in [0, 0.1) is 5.82 Å². The second kappa shape index (κ2) is 12.1. The van der Waals surface area contributed by atoms with E-state index < -0.39 is 5.60 Å². The van der Waals surface area contributed by atoms with Gasteiger partial charge in [-0.1, -0.05) is 12.1 Å². The summed E-state index contributed by atoms with van der Waals surface area (Å²) in [5.74, 6) is 0.485. The Morgan fingerprint density at radius 1 is 1.28 bits per heavy atom. The quantitative estimate of drug-likeness (QED) is 0.394. The van der Waals surface area contributed by atoms with Crippen molar-refractivity contribution in [3.05, 3.63) is 35.6 Å². The molecule has 0 saturated carbocycles. The first-order valence-corrected chi connectivity index (χ1v) is 10.4. The normalized spacial score (nSPS) is 17.9. The molecule has 0 aromatic heterocycles. The van der Waals surface area contributed by atoms with Crippen LogP contribution in [0.3, 0.4) is 0 Å². The molecule has 29 heavy (non-hydrogen) atoms. The van der Waals surface area contributed by atoms with Crippen LogP contribution in [0.15, 0.2) is 29.3 Å². The molecule has 8 heteroatoms. The first-order valence-electron chi connectivity index (χ1n) is 10.4.